The summed E-state index contributed by atoms with van der Waals surface area (Å²) in [6.45, 7) is 7.99. The minimum atomic E-state index is 0.0950. The minimum Gasteiger partial charge on any atom is -0.369 e. The van der Waals surface area contributed by atoms with E-state index in [0.717, 1.165) is 31.7 Å². The molecule has 1 amide bonds. The molecule has 1 fully saturated rings. The van der Waals surface area contributed by atoms with E-state index in [1.165, 1.54) is 5.69 Å². The molecule has 0 unspecified atom stereocenters. The number of nitrogens with zero attached hydrogens (tertiary/aromatic N) is 1. The Morgan fingerprint density at radius 3 is 2.68 bits per heavy atom. The zero-order valence-corrected chi connectivity index (χ0v) is 11.8. The highest BCUT2D eigenvalue weighted by Gasteiger charge is 2.15. The summed E-state index contributed by atoms with van der Waals surface area (Å²) in [7, 11) is 0. The number of carbonyl (C=O) groups excluding carboxylic acids is 1. The summed E-state index contributed by atoms with van der Waals surface area (Å²) >= 11 is 0. The standard InChI is InChI=1S/C15H23N3O/c1-12(2)17-15(19)11-13-5-3-4-6-14(13)18-9-7-16-8-10-18/h3-6,12,16H,7-11H2,1-2H3,(H,17,19). The maximum atomic E-state index is 11.9. The van der Waals surface area contributed by atoms with E-state index < -0.39 is 0 Å². The summed E-state index contributed by atoms with van der Waals surface area (Å²) in [5.41, 5.74) is 2.31. The van der Waals surface area contributed by atoms with Crippen molar-refractivity contribution in [2.45, 2.75) is 26.3 Å². The molecule has 4 nitrogen and oxygen atoms in total. The van der Waals surface area contributed by atoms with Crippen LogP contribution in [0.4, 0.5) is 5.69 Å². The second-order valence-electron chi connectivity index (χ2n) is 5.26. The molecule has 0 bridgehead atoms. The van der Waals surface area contributed by atoms with E-state index in [4.69, 9.17) is 0 Å². The van der Waals surface area contributed by atoms with Crippen LogP contribution < -0.4 is 15.5 Å². The summed E-state index contributed by atoms with van der Waals surface area (Å²) in [6, 6.07) is 8.41. The van der Waals surface area contributed by atoms with E-state index in [-0.39, 0.29) is 11.9 Å². The van der Waals surface area contributed by atoms with Crippen LogP contribution in [-0.2, 0) is 11.2 Å². The van der Waals surface area contributed by atoms with Crippen LogP contribution in [0.3, 0.4) is 0 Å². The van der Waals surface area contributed by atoms with Gasteiger partial charge >= 0.3 is 0 Å². The van der Waals surface area contributed by atoms with Crippen LogP contribution in [0.2, 0.25) is 0 Å². The summed E-state index contributed by atoms with van der Waals surface area (Å²) in [4.78, 5) is 14.3. The second kappa shape index (κ2) is 6.57. The maximum Gasteiger partial charge on any atom is 0.224 e. The van der Waals surface area contributed by atoms with Crippen LogP contribution in [0.1, 0.15) is 19.4 Å². The Morgan fingerprint density at radius 1 is 1.32 bits per heavy atom. The van der Waals surface area contributed by atoms with Crippen molar-refractivity contribution in [2.24, 2.45) is 0 Å². The first-order valence-corrected chi connectivity index (χ1v) is 7.00. The summed E-state index contributed by atoms with van der Waals surface area (Å²) in [6.07, 6.45) is 0.457. The highest BCUT2D eigenvalue weighted by atomic mass is 16.1. The zero-order chi connectivity index (χ0) is 13.7. The Kier molecular flexibility index (Phi) is 4.80. The molecule has 0 aliphatic carbocycles. The average molecular weight is 261 g/mol. The highest BCUT2D eigenvalue weighted by molar-refractivity contribution is 5.80. The third-order valence-corrected chi connectivity index (χ3v) is 3.25. The number of hydrogen-bond donors (Lipinski definition) is 2. The van der Waals surface area contributed by atoms with E-state index in [2.05, 4.69) is 27.7 Å². The third-order valence-electron chi connectivity index (χ3n) is 3.25. The summed E-state index contributed by atoms with van der Waals surface area (Å²) in [5.74, 6) is 0.0950. The number of nitrogens with one attached hydrogen (secondary N) is 2. The minimum absolute atomic E-state index is 0.0950. The van der Waals surface area contributed by atoms with Gasteiger partial charge in [0.15, 0.2) is 0 Å². The van der Waals surface area contributed by atoms with Crippen LogP contribution in [0, 0.1) is 0 Å². The molecule has 19 heavy (non-hydrogen) atoms. The van der Waals surface area contributed by atoms with Crippen molar-refractivity contribution in [3.05, 3.63) is 29.8 Å². The van der Waals surface area contributed by atoms with Gasteiger partial charge in [0.25, 0.3) is 0 Å². The number of para-hydroxylation sites is 1. The fourth-order valence-electron chi connectivity index (χ4n) is 2.42. The van der Waals surface area contributed by atoms with Gasteiger partial charge in [-0.1, -0.05) is 18.2 Å². The number of hydrogen-bond acceptors (Lipinski definition) is 3. The Hall–Kier alpha value is -1.55. The predicted octanol–water partition coefficient (Wildman–Crippen LogP) is 1.16. The van der Waals surface area contributed by atoms with Gasteiger partial charge in [-0.3, -0.25) is 4.79 Å². The van der Waals surface area contributed by atoms with Crippen molar-refractivity contribution in [2.75, 3.05) is 31.1 Å². The molecular formula is C15H23N3O. The Balaban J connectivity index is 2.09. The maximum absolute atomic E-state index is 11.9. The lowest BCUT2D eigenvalue weighted by atomic mass is 10.1. The van der Waals surface area contributed by atoms with Crippen LogP contribution in [-0.4, -0.2) is 38.1 Å². The molecule has 1 aromatic rings. The average Bonchev–Trinajstić information content (AvgIpc) is 2.39. The lowest BCUT2D eigenvalue weighted by Crippen LogP contribution is -2.44. The molecule has 0 spiro atoms. The molecule has 0 atom stereocenters. The second-order valence-corrected chi connectivity index (χ2v) is 5.26. The van der Waals surface area contributed by atoms with Crippen molar-refractivity contribution in [3.8, 4) is 0 Å². The van der Waals surface area contributed by atoms with Gasteiger partial charge in [0.1, 0.15) is 0 Å². The number of anilines is 1. The van der Waals surface area contributed by atoms with Crippen LogP contribution in [0.5, 0.6) is 0 Å². The van der Waals surface area contributed by atoms with Gasteiger partial charge in [-0.15, -0.1) is 0 Å². The quantitative estimate of drug-likeness (QED) is 0.855. The first kappa shape index (κ1) is 13.9. The Morgan fingerprint density at radius 2 is 2.00 bits per heavy atom. The highest BCUT2D eigenvalue weighted by Crippen LogP contribution is 2.21. The molecule has 1 aliphatic heterocycles. The molecule has 1 heterocycles. The van der Waals surface area contributed by atoms with E-state index in [0.29, 0.717) is 6.42 Å². The van der Waals surface area contributed by atoms with E-state index in [1.54, 1.807) is 0 Å². The molecule has 2 rings (SSSR count). The normalized spacial score (nSPS) is 15.6. The van der Waals surface area contributed by atoms with Gasteiger partial charge in [-0.05, 0) is 25.5 Å². The third kappa shape index (κ3) is 3.96. The van der Waals surface area contributed by atoms with Gasteiger partial charge < -0.3 is 15.5 Å². The van der Waals surface area contributed by atoms with Crippen molar-refractivity contribution in [1.82, 2.24) is 10.6 Å². The van der Waals surface area contributed by atoms with Crippen LogP contribution >= 0.6 is 0 Å². The fourth-order valence-corrected chi connectivity index (χ4v) is 2.42. The van der Waals surface area contributed by atoms with E-state index in [9.17, 15) is 4.79 Å². The lowest BCUT2D eigenvalue weighted by molar-refractivity contribution is -0.120. The molecule has 4 heteroatoms. The molecule has 0 aromatic heterocycles. The van der Waals surface area contributed by atoms with Crippen LogP contribution in [0.15, 0.2) is 24.3 Å². The Bertz CT molecular complexity index is 425. The summed E-state index contributed by atoms with van der Waals surface area (Å²) < 4.78 is 0. The Labute approximate surface area is 115 Å². The SMILES string of the molecule is CC(C)NC(=O)Cc1ccccc1N1CCNCC1. The molecule has 1 saturated heterocycles. The molecule has 0 saturated carbocycles. The predicted molar refractivity (Wildman–Crippen MR) is 78.5 cm³/mol. The first-order valence-electron chi connectivity index (χ1n) is 7.00. The number of carbonyl (C=O) groups is 1. The van der Waals surface area contributed by atoms with Gasteiger partial charge in [-0.2, -0.15) is 0 Å². The largest absolute Gasteiger partial charge is 0.369 e. The lowest BCUT2D eigenvalue weighted by Gasteiger charge is -2.31. The van der Waals surface area contributed by atoms with Gasteiger partial charge in [0.2, 0.25) is 5.91 Å². The molecule has 1 aromatic carbocycles. The number of amides is 1. The molecule has 0 radical (unpaired) electrons. The number of benzene rings is 1. The topological polar surface area (TPSA) is 44.4 Å². The van der Waals surface area contributed by atoms with E-state index in [1.807, 2.05) is 26.0 Å². The summed E-state index contributed by atoms with van der Waals surface area (Å²) in [5, 5.41) is 6.30. The van der Waals surface area contributed by atoms with Gasteiger partial charge in [0.05, 0.1) is 6.42 Å². The van der Waals surface area contributed by atoms with Crippen LogP contribution in [0.25, 0.3) is 0 Å². The number of rotatable bonds is 4. The van der Waals surface area contributed by atoms with Gasteiger partial charge in [0, 0.05) is 37.9 Å². The van der Waals surface area contributed by atoms with Crippen molar-refractivity contribution < 1.29 is 4.79 Å². The first-order chi connectivity index (χ1) is 9.16. The van der Waals surface area contributed by atoms with E-state index >= 15 is 0 Å². The smallest absolute Gasteiger partial charge is 0.224 e. The molecule has 1 aliphatic rings. The van der Waals surface area contributed by atoms with Crippen molar-refractivity contribution in [1.29, 1.82) is 0 Å². The fraction of sp³-hybridized carbons (Fsp3) is 0.533. The monoisotopic (exact) mass is 261 g/mol. The van der Waals surface area contributed by atoms with Gasteiger partial charge in [-0.25, -0.2) is 0 Å². The van der Waals surface area contributed by atoms with Crippen molar-refractivity contribution in [3.63, 3.8) is 0 Å². The molecule has 104 valence electrons. The van der Waals surface area contributed by atoms with Crippen molar-refractivity contribution >= 4 is 11.6 Å². The zero-order valence-electron chi connectivity index (χ0n) is 11.8. The molecule has 2 N–H and O–H groups in total. The molecular weight excluding hydrogens is 238 g/mol. The number of piperazine rings is 1.